The first kappa shape index (κ1) is 10.6. The number of hydrogen-bond acceptors (Lipinski definition) is 2. The molecule has 0 radical (unpaired) electrons. The van der Waals surface area contributed by atoms with Crippen molar-refractivity contribution in [1.82, 2.24) is 0 Å². The molecule has 0 saturated heterocycles. The standard InChI is InChI=1S/C11H8BrNO/c1-14-11-7-9(3-2-6-12)4-5-10(11)8-13/h4-5,7H,6H2,1H3. The zero-order chi connectivity index (χ0) is 10.4. The van der Waals surface area contributed by atoms with E-state index in [0.717, 1.165) is 5.56 Å². The van der Waals surface area contributed by atoms with Crippen molar-refractivity contribution in [3.63, 3.8) is 0 Å². The maximum absolute atomic E-state index is 8.74. The molecular weight excluding hydrogens is 242 g/mol. The molecule has 0 aromatic heterocycles. The van der Waals surface area contributed by atoms with Crippen molar-refractivity contribution in [3.8, 4) is 23.7 Å². The van der Waals surface area contributed by atoms with E-state index in [-0.39, 0.29) is 0 Å². The monoisotopic (exact) mass is 249 g/mol. The molecule has 1 aromatic rings. The van der Waals surface area contributed by atoms with Gasteiger partial charge in [-0.25, -0.2) is 0 Å². The maximum atomic E-state index is 8.74. The lowest BCUT2D eigenvalue weighted by molar-refractivity contribution is 0.413. The number of rotatable bonds is 1. The Morgan fingerprint density at radius 2 is 2.29 bits per heavy atom. The maximum Gasteiger partial charge on any atom is 0.137 e. The molecule has 0 N–H and O–H groups in total. The van der Waals surface area contributed by atoms with Gasteiger partial charge in [-0.3, -0.25) is 0 Å². The molecule has 70 valence electrons. The second-order valence-electron chi connectivity index (χ2n) is 2.46. The van der Waals surface area contributed by atoms with Gasteiger partial charge in [-0.2, -0.15) is 5.26 Å². The number of halogens is 1. The first-order chi connectivity index (χ1) is 6.81. The van der Waals surface area contributed by atoms with Crippen LogP contribution in [0.25, 0.3) is 0 Å². The average Bonchev–Trinajstić information content (AvgIpc) is 2.25. The van der Waals surface area contributed by atoms with E-state index in [9.17, 15) is 0 Å². The molecule has 0 bridgehead atoms. The number of ether oxygens (including phenoxy) is 1. The van der Waals surface area contributed by atoms with Crippen LogP contribution in [0.3, 0.4) is 0 Å². The molecule has 0 heterocycles. The summed E-state index contributed by atoms with van der Waals surface area (Å²) in [6.07, 6.45) is 0. The number of nitrogens with zero attached hydrogens (tertiary/aromatic N) is 1. The highest BCUT2D eigenvalue weighted by Crippen LogP contribution is 2.18. The van der Waals surface area contributed by atoms with E-state index in [2.05, 4.69) is 27.8 Å². The summed E-state index contributed by atoms with van der Waals surface area (Å²) < 4.78 is 5.05. The second-order valence-corrected chi connectivity index (χ2v) is 3.02. The van der Waals surface area contributed by atoms with E-state index in [1.165, 1.54) is 7.11 Å². The molecule has 0 aliphatic carbocycles. The third-order valence-corrected chi connectivity index (χ3v) is 1.90. The molecule has 0 amide bonds. The number of hydrogen-bond donors (Lipinski definition) is 0. The third kappa shape index (κ3) is 2.52. The van der Waals surface area contributed by atoms with E-state index in [0.29, 0.717) is 16.6 Å². The lowest BCUT2D eigenvalue weighted by atomic mass is 10.1. The zero-order valence-corrected chi connectivity index (χ0v) is 9.26. The van der Waals surface area contributed by atoms with Crippen LogP contribution in [0.1, 0.15) is 11.1 Å². The fraction of sp³-hybridized carbons (Fsp3) is 0.182. The molecule has 1 rings (SSSR count). The minimum Gasteiger partial charge on any atom is -0.495 e. The minimum atomic E-state index is 0.525. The number of alkyl halides is 1. The first-order valence-corrected chi connectivity index (χ1v) is 5.07. The van der Waals surface area contributed by atoms with Crippen LogP contribution in [0.4, 0.5) is 0 Å². The highest BCUT2D eigenvalue weighted by molar-refractivity contribution is 9.09. The van der Waals surface area contributed by atoms with Crippen LogP contribution < -0.4 is 4.74 Å². The summed E-state index contributed by atoms with van der Waals surface area (Å²) in [5.74, 6) is 6.38. The smallest absolute Gasteiger partial charge is 0.137 e. The van der Waals surface area contributed by atoms with Crippen molar-refractivity contribution < 1.29 is 4.74 Å². The summed E-state index contributed by atoms with van der Waals surface area (Å²) in [6, 6.07) is 7.31. The van der Waals surface area contributed by atoms with Crippen LogP contribution in [0.5, 0.6) is 5.75 Å². The van der Waals surface area contributed by atoms with Gasteiger partial charge < -0.3 is 4.74 Å². The Kier molecular flexibility index (Phi) is 4.04. The fourth-order valence-corrected chi connectivity index (χ4v) is 1.14. The lowest BCUT2D eigenvalue weighted by Gasteiger charge is -2.01. The number of methoxy groups -OCH3 is 1. The van der Waals surface area contributed by atoms with Crippen molar-refractivity contribution in [1.29, 1.82) is 5.26 Å². The molecule has 0 unspecified atom stereocenters. The summed E-state index contributed by atoms with van der Waals surface area (Å²) in [5, 5.41) is 9.38. The summed E-state index contributed by atoms with van der Waals surface area (Å²) in [4.78, 5) is 0. The van der Waals surface area contributed by atoms with Gasteiger partial charge in [-0.1, -0.05) is 27.8 Å². The average molecular weight is 250 g/mol. The van der Waals surface area contributed by atoms with E-state index < -0.39 is 0 Å². The predicted molar refractivity (Wildman–Crippen MR) is 58.4 cm³/mol. The Morgan fingerprint density at radius 1 is 1.50 bits per heavy atom. The molecule has 0 fully saturated rings. The summed E-state index contributed by atoms with van der Waals surface area (Å²) in [7, 11) is 1.54. The van der Waals surface area contributed by atoms with Crippen molar-refractivity contribution in [2.75, 3.05) is 12.4 Å². The quantitative estimate of drug-likeness (QED) is 0.566. The molecule has 0 saturated carbocycles. The van der Waals surface area contributed by atoms with Gasteiger partial charge in [0, 0.05) is 5.56 Å². The van der Waals surface area contributed by atoms with Gasteiger partial charge in [0.05, 0.1) is 18.0 Å². The number of nitriles is 1. The SMILES string of the molecule is COc1cc(C#CCBr)ccc1C#N. The van der Waals surface area contributed by atoms with Gasteiger partial charge in [-0.15, -0.1) is 0 Å². The van der Waals surface area contributed by atoms with Crippen LogP contribution >= 0.6 is 15.9 Å². The van der Waals surface area contributed by atoms with Gasteiger partial charge in [0.25, 0.3) is 0 Å². The van der Waals surface area contributed by atoms with E-state index in [1.807, 2.05) is 6.07 Å². The van der Waals surface area contributed by atoms with E-state index in [4.69, 9.17) is 10.00 Å². The Labute approximate surface area is 91.6 Å². The molecule has 14 heavy (non-hydrogen) atoms. The molecule has 0 aliphatic rings. The van der Waals surface area contributed by atoms with Crippen molar-refractivity contribution >= 4 is 15.9 Å². The zero-order valence-electron chi connectivity index (χ0n) is 7.67. The molecular formula is C11H8BrNO. The predicted octanol–water partition coefficient (Wildman–Crippen LogP) is 2.31. The van der Waals surface area contributed by atoms with Crippen LogP contribution in [0.15, 0.2) is 18.2 Å². The lowest BCUT2D eigenvalue weighted by Crippen LogP contribution is -1.88. The molecule has 0 spiro atoms. The van der Waals surface area contributed by atoms with Gasteiger partial charge in [0.1, 0.15) is 11.8 Å². The molecule has 0 atom stereocenters. The van der Waals surface area contributed by atoms with Gasteiger partial charge in [0.15, 0.2) is 0 Å². The summed E-state index contributed by atoms with van der Waals surface area (Å²) >= 11 is 3.21. The number of benzene rings is 1. The molecule has 1 aromatic carbocycles. The van der Waals surface area contributed by atoms with Crippen molar-refractivity contribution in [2.24, 2.45) is 0 Å². The molecule has 3 heteroatoms. The highest BCUT2D eigenvalue weighted by atomic mass is 79.9. The first-order valence-electron chi connectivity index (χ1n) is 3.94. The topological polar surface area (TPSA) is 33.0 Å². The summed E-state index contributed by atoms with van der Waals surface area (Å²) in [5.41, 5.74) is 1.37. The minimum absolute atomic E-state index is 0.525. The summed E-state index contributed by atoms with van der Waals surface area (Å²) in [6.45, 7) is 0. The van der Waals surface area contributed by atoms with Gasteiger partial charge in [-0.05, 0) is 18.2 Å². The van der Waals surface area contributed by atoms with Gasteiger partial charge >= 0.3 is 0 Å². The fourth-order valence-electron chi connectivity index (χ4n) is 0.997. The Balaban J connectivity index is 3.09. The van der Waals surface area contributed by atoms with Crippen LogP contribution in [-0.4, -0.2) is 12.4 Å². The molecule has 2 nitrogen and oxygen atoms in total. The van der Waals surface area contributed by atoms with Gasteiger partial charge in [0.2, 0.25) is 0 Å². The van der Waals surface area contributed by atoms with E-state index >= 15 is 0 Å². The molecule has 0 aliphatic heterocycles. The highest BCUT2D eigenvalue weighted by Gasteiger charge is 2.01. The largest absolute Gasteiger partial charge is 0.495 e. The Morgan fingerprint density at radius 3 is 2.86 bits per heavy atom. The van der Waals surface area contributed by atoms with Crippen LogP contribution in [-0.2, 0) is 0 Å². The van der Waals surface area contributed by atoms with E-state index in [1.54, 1.807) is 18.2 Å². The van der Waals surface area contributed by atoms with Crippen LogP contribution in [0.2, 0.25) is 0 Å². The Hall–Kier alpha value is -1.45. The van der Waals surface area contributed by atoms with Crippen molar-refractivity contribution in [3.05, 3.63) is 29.3 Å². The normalized spacial score (nSPS) is 8.36. The Bertz CT molecular complexity index is 423. The van der Waals surface area contributed by atoms with Crippen molar-refractivity contribution in [2.45, 2.75) is 0 Å². The second kappa shape index (κ2) is 5.32. The van der Waals surface area contributed by atoms with Crippen LogP contribution in [0, 0.1) is 23.2 Å². The third-order valence-electron chi connectivity index (χ3n) is 1.62.